The van der Waals surface area contributed by atoms with Gasteiger partial charge in [-0.15, -0.1) is 0 Å². The number of hydrogen-bond acceptors (Lipinski definition) is 4. The first-order valence-corrected chi connectivity index (χ1v) is 9.90. The zero-order valence-electron chi connectivity index (χ0n) is 15.3. The fourth-order valence-electron chi connectivity index (χ4n) is 3.94. The first-order valence-electron chi connectivity index (χ1n) is 9.90. The third-order valence-electron chi connectivity index (χ3n) is 5.60. The normalized spacial score (nSPS) is 21.6. The van der Waals surface area contributed by atoms with Crippen LogP contribution in [-0.2, 0) is 6.54 Å². The molecule has 1 amide bonds. The molecule has 2 heterocycles. The number of carbonyl (C=O) groups excluding carboxylic acids is 1. The van der Waals surface area contributed by atoms with Gasteiger partial charge in [0.05, 0.1) is 23.9 Å². The molecule has 1 aliphatic carbocycles. The largest absolute Gasteiger partial charge is 0.388 e. The maximum absolute atomic E-state index is 12.3. The van der Waals surface area contributed by atoms with E-state index in [1.165, 1.54) is 45.2 Å². The Kier molecular flexibility index (Phi) is 6.48. The van der Waals surface area contributed by atoms with Gasteiger partial charge >= 0.3 is 0 Å². The second-order valence-electron chi connectivity index (χ2n) is 7.72. The van der Waals surface area contributed by atoms with Gasteiger partial charge in [0.1, 0.15) is 0 Å². The number of nitrogens with zero attached hydrogens (tertiary/aromatic N) is 3. The molecule has 140 valence electrons. The molecule has 1 aromatic heterocycles. The highest BCUT2D eigenvalue weighted by molar-refractivity contribution is 5.93. The number of hydrogen-bond donors (Lipinski definition) is 2. The summed E-state index contributed by atoms with van der Waals surface area (Å²) in [5.74, 6) is -0.137. The molecule has 3 rings (SSSR count). The van der Waals surface area contributed by atoms with E-state index in [1.807, 2.05) is 10.9 Å². The van der Waals surface area contributed by atoms with Gasteiger partial charge in [-0.1, -0.05) is 32.1 Å². The van der Waals surface area contributed by atoms with Crippen molar-refractivity contribution in [3.05, 3.63) is 18.0 Å². The maximum atomic E-state index is 12.3. The van der Waals surface area contributed by atoms with Gasteiger partial charge in [0, 0.05) is 19.3 Å². The van der Waals surface area contributed by atoms with Gasteiger partial charge in [-0.2, -0.15) is 5.10 Å². The van der Waals surface area contributed by atoms with Crippen molar-refractivity contribution < 1.29 is 9.90 Å². The molecule has 25 heavy (non-hydrogen) atoms. The molecule has 6 nitrogen and oxygen atoms in total. The molecule has 1 saturated heterocycles. The first kappa shape index (κ1) is 18.4. The number of likely N-dealkylation sites (tertiary alicyclic amines) is 1. The predicted molar refractivity (Wildman–Crippen MR) is 97.5 cm³/mol. The Morgan fingerprint density at radius 2 is 1.76 bits per heavy atom. The molecule has 6 heteroatoms. The Morgan fingerprint density at radius 1 is 1.08 bits per heavy atom. The first-order chi connectivity index (χ1) is 12.1. The Balaban J connectivity index is 1.45. The highest BCUT2D eigenvalue weighted by Gasteiger charge is 2.28. The van der Waals surface area contributed by atoms with Crippen molar-refractivity contribution in [3.8, 4) is 0 Å². The van der Waals surface area contributed by atoms with Crippen LogP contribution in [0.2, 0.25) is 0 Å². The van der Waals surface area contributed by atoms with Crippen LogP contribution in [0.5, 0.6) is 0 Å². The zero-order chi connectivity index (χ0) is 17.5. The van der Waals surface area contributed by atoms with Crippen molar-refractivity contribution in [2.45, 2.75) is 69.9 Å². The lowest BCUT2D eigenvalue weighted by Gasteiger charge is -2.26. The minimum Gasteiger partial charge on any atom is -0.388 e. The van der Waals surface area contributed by atoms with Crippen LogP contribution in [0, 0.1) is 0 Å². The Labute approximate surface area is 150 Å². The number of aliphatic hydroxyl groups is 1. The molecule has 0 spiro atoms. The van der Waals surface area contributed by atoms with Gasteiger partial charge in [-0.3, -0.25) is 9.48 Å². The van der Waals surface area contributed by atoms with E-state index in [0.29, 0.717) is 12.1 Å². The molecule has 1 aliphatic heterocycles. The van der Waals surface area contributed by atoms with Crippen molar-refractivity contribution in [1.82, 2.24) is 20.0 Å². The molecule has 1 aromatic rings. The average molecular weight is 348 g/mol. The van der Waals surface area contributed by atoms with E-state index in [2.05, 4.69) is 15.3 Å². The van der Waals surface area contributed by atoms with Crippen LogP contribution in [0.1, 0.15) is 68.1 Å². The Bertz CT molecular complexity index is 543. The third kappa shape index (κ3) is 5.54. The van der Waals surface area contributed by atoms with Crippen molar-refractivity contribution in [1.29, 1.82) is 0 Å². The van der Waals surface area contributed by atoms with Crippen LogP contribution in [0.3, 0.4) is 0 Å². The van der Waals surface area contributed by atoms with Crippen LogP contribution in [-0.4, -0.2) is 57.5 Å². The average Bonchev–Trinajstić information content (AvgIpc) is 3.01. The fourth-order valence-corrected chi connectivity index (χ4v) is 3.94. The molecular formula is C19H32N4O2. The second kappa shape index (κ2) is 8.81. The van der Waals surface area contributed by atoms with E-state index < -0.39 is 5.60 Å². The summed E-state index contributed by atoms with van der Waals surface area (Å²) in [4.78, 5) is 14.8. The SMILES string of the molecule is O=C(NCC1(O)CCCCCC1)c1cnn(CCN2CCCCC2)c1. The van der Waals surface area contributed by atoms with Crippen LogP contribution in [0.4, 0.5) is 0 Å². The number of amides is 1. The van der Waals surface area contributed by atoms with Crippen LogP contribution in [0.15, 0.2) is 12.4 Å². The van der Waals surface area contributed by atoms with Gasteiger partial charge in [-0.05, 0) is 38.8 Å². The van der Waals surface area contributed by atoms with E-state index >= 15 is 0 Å². The van der Waals surface area contributed by atoms with E-state index in [4.69, 9.17) is 0 Å². The van der Waals surface area contributed by atoms with Crippen molar-refractivity contribution in [2.75, 3.05) is 26.2 Å². The van der Waals surface area contributed by atoms with Gasteiger partial charge < -0.3 is 15.3 Å². The maximum Gasteiger partial charge on any atom is 0.254 e. The summed E-state index contributed by atoms with van der Waals surface area (Å²) in [5.41, 5.74) is -0.160. The molecule has 0 radical (unpaired) electrons. The fraction of sp³-hybridized carbons (Fsp3) is 0.789. The number of piperidine rings is 1. The molecule has 2 aliphatic rings. The summed E-state index contributed by atoms with van der Waals surface area (Å²) in [6.45, 7) is 4.49. The second-order valence-corrected chi connectivity index (χ2v) is 7.72. The topological polar surface area (TPSA) is 70.4 Å². The molecular weight excluding hydrogens is 316 g/mol. The summed E-state index contributed by atoms with van der Waals surface area (Å²) >= 11 is 0. The van der Waals surface area contributed by atoms with Crippen LogP contribution in [0.25, 0.3) is 0 Å². The lowest BCUT2D eigenvalue weighted by atomic mass is 9.94. The van der Waals surface area contributed by atoms with E-state index in [9.17, 15) is 9.90 Å². The summed E-state index contributed by atoms with van der Waals surface area (Å²) in [6.07, 6.45) is 13.4. The summed E-state index contributed by atoms with van der Waals surface area (Å²) in [5, 5.41) is 17.9. The Hall–Kier alpha value is -1.40. The molecule has 2 fully saturated rings. The molecule has 0 bridgehead atoms. The summed E-state index contributed by atoms with van der Waals surface area (Å²) < 4.78 is 1.85. The number of carbonyl (C=O) groups is 1. The molecule has 1 saturated carbocycles. The van der Waals surface area contributed by atoms with Crippen LogP contribution >= 0.6 is 0 Å². The van der Waals surface area contributed by atoms with Gasteiger partial charge in [-0.25, -0.2) is 0 Å². The summed E-state index contributed by atoms with van der Waals surface area (Å²) in [7, 11) is 0. The van der Waals surface area contributed by atoms with Gasteiger partial charge in [0.15, 0.2) is 0 Å². The lowest BCUT2D eigenvalue weighted by molar-refractivity contribution is 0.0246. The standard InChI is InChI=1S/C19H32N4O2/c24-18(20-16-19(25)8-4-1-2-5-9-19)17-14-21-23(15-17)13-12-22-10-6-3-7-11-22/h14-15,25H,1-13,16H2,(H,20,24). The lowest BCUT2D eigenvalue weighted by Crippen LogP contribution is -2.42. The molecule has 0 unspecified atom stereocenters. The van der Waals surface area contributed by atoms with Crippen LogP contribution < -0.4 is 5.32 Å². The molecule has 2 N–H and O–H groups in total. The minimum absolute atomic E-state index is 0.137. The minimum atomic E-state index is -0.740. The highest BCUT2D eigenvalue weighted by Crippen LogP contribution is 2.26. The third-order valence-corrected chi connectivity index (χ3v) is 5.60. The van der Waals surface area contributed by atoms with Gasteiger partial charge in [0.2, 0.25) is 0 Å². The highest BCUT2D eigenvalue weighted by atomic mass is 16.3. The number of aromatic nitrogens is 2. The predicted octanol–water partition coefficient (Wildman–Crippen LogP) is 2.18. The number of nitrogens with one attached hydrogen (secondary N) is 1. The quantitative estimate of drug-likeness (QED) is 0.773. The monoisotopic (exact) mass is 348 g/mol. The summed E-state index contributed by atoms with van der Waals surface area (Å²) in [6, 6.07) is 0. The molecule has 0 aromatic carbocycles. The van der Waals surface area contributed by atoms with E-state index in [0.717, 1.165) is 38.8 Å². The number of rotatable bonds is 6. The zero-order valence-corrected chi connectivity index (χ0v) is 15.3. The smallest absolute Gasteiger partial charge is 0.254 e. The van der Waals surface area contributed by atoms with E-state index in [-0.39, 0.29) is 5.91 Å². The van der Waals surface area contributed by atoms with Crippen molar-refractivity contribution in [2.24, 2.45) is 0 Å². The van der Waals surface area contributed by atoms with Crippen molar-refractivity contribution in [3.63, 3.8) is 0 Å². The van der Waals surface area contributed by atoms with E-state index in [1.54, 1.807) is 6.20 Å². The van der Waals surface area contributed by atoms with Gasteiger partial charge in [0.25, 0.3) is 5.91 Å². The van der Waals surface area contributed by atoms with Crippen molar-refractivity contribution >= 4 is 5.91 Å². The Morgan fingerprint density at radius 3 is 2.48 bits per heavy atom. The molecule has 0 atom stereocenters.